The molecule has 0 saturated heterocycles. The van der Waals surface area contributed by atoms with Gasteiger partial charge in [0.15, 0.2) is 0 Å². The summed E-state index contributed by atoms with van der Waals surface area (Å²) in [5, 5.41) is 6.89. The van der Waals surface area contributed by atoms with Gasteiger partial charge in [-0.05, 0) is 31.8 Å². The SMILES string of the molecule is CN(C)Cc1ccc(N(C)CCC#[NH+])cc1. The quantitative estimate of drug-likeness (QED) is 0.773. The second-order valence-electron chi connectivity index (χ2n) is 4.25. The summed E-state index contributed by atoms with van der Waals surface area (Å²) in [4.78, 5) is 4.30. The van der Waals surface area contributed by atoms with Crippen LogP contribution in [-0.2, 0) is 6.54 Å². The molecular weight excluding hydrogens is 198 g/mol. The molecule has 0 aliphatic heterocycles. The van der Waals surface area contributed by atoms with Crippen LogP contribution in [0.5, 0.6) is 0 Å². The number of hydrogen-bond donors (Lipinski definition) is 1. The molecule has 0 atom stereocenters. The standard InChI is InChI=1S/C13H19N3/c1-15(2)11-12-5-7-13(8-6-12)16(3)10-4-9-14/h5-8H,4,10-11H2,1-3H3/p+1. The number of nitrogens with one attached hydrogen (secondary N) is 1. The summed E-state index contributed by atoms with van der Waals surface area (Å²) in [6, 6.07) is 11.0. The Bertz CT molecular complexity index is 348. The highest BCUT2D eigenvalue weighted by Crippen LogP contribution is 2.14. The predicted molar refractivity (Wildman–Crippen MR) is 66.6 cm³/mol. The molecule has 1 N–H and O–H groups in total. The van der Waals surface area contributed by atoms with Gasteiger partial charge in [0, 0.05) is 25.8 Å². The molecule has 0 saturated carbocycles. The van der Waals surface area contributed by atoms with E-state index in [-0.39, 0.29) is 0 Å². The Balaban J connectivity index is 2.60. The third-order valence-electron chi connectivity index (χ3n) is 2.45. The monoisotopic (exact) mass is 218 g/mol. The first-order valence-electron chi connectivity index (χ1n) is 5.48. The van der Waals surface area contributed by atoms with E-state index in [1.54, 1.807) is 0 Å². The Kier molecular flexibility index (Phi) is 4.81. The summed E-state index contributed by atoms with van der Waals surface area (Å²) in [6.45, 7) is 1.81. The predicted octanol–water partition coefficient (Wildman–Crippen LogP) is 0.347. The zero-order valence-electron chi connectivity index (χ0n) is 10.3. The molecule has 0 aliphatic carbocycles. The number of anilines is 1. The molecule has 16 heavy (non-hydrogen) atoms. The van der Waals surface area contributed by atoms with Crippen LogP contribution in [0.25, 0.3) is 0 Å². The normalized spacial score (nSPS) is 10.2. The summed E-state index contributed by atoms with van der Waals surface area (Å²) in [7, 11) is 6.18. The first kappa shape index (κ1) is 12.5. The van der Waals surface area contributed by atoms with Crippen molar-refractivity contribution in [2.24, 2.45) is 0 Å². The second kappa shape index (κ2) is 6.14. The highest BCUT2D eigenvalue weighted by atomic mass is 15.1. The molecule has 1 rings (SSSR count). The first-order chi connectivity index (χ1) is 7.63. The third kappa shape index (κ3) is 3.92. The highest BCUT2D eigenvalue weighted by Gasteiger charge is 2.01. The first-order valence-corrected chi connectivity index (χ1v) is 5.48. The van der Waals surface area contributed by atoms with E-state index in [1.165, 1.54) is 11.3 Å². The van der Waals surface area contributed by atoms with Gasteiger partial charge < -0.3 is 9.80 Å². The van der Waals surface area contributed by atoms with Crippen LogP contribution >= 0.6 is 0 Å². The van der Waals surface area contributed by atoms with Crippen LogP contribution in [0, 0.1) is 6.07 Å². The second-order valence-corrected chi connectivity index (χ2v) is 4.25. The molecule has 0 spiro atoms. The van der Waals surface area contributed by atoms with Crippen molar-refractivity contribution in [3.8, 4) is 6.07 Å². The maximum atomic E-state index is 6.89. The molecule has 0 fully saturated rings. The van der Waals surface area contributed by atoms with E-state index < -0.39 is 0 Å². The van der Waals surface area contributed by atoms with Crippen molar-refractivity contribution in [1.82, 2.24) is 4.90 Å². The Labute approximate surface area is 97.9 Å². The Hall–Kier alpha value is -1.53. The van der Waals surface area contributed by atoms with Gasteiger partial charge in [0.25, 0.3) is 6.07 Å². The topological polar surface area (TPSA) is 30.3 Å². The van der Waals surface area contributed by atoms with Gasteiger partial charge in [0.05, 0.1) is 6.42 Å². The van der Waals surface area contributed by atoms with E-state index in [0.717, 1.165) is 13.1 Å². The molecule has 0 bridgehead atoms. The fraction of sp³-hybridized carbons (Fsp3) is 0.462. The minimum absolute atomic E-state index is 0.677. The van der Waals surface area contributed by atoms with E-state index in [1.807, 2.05) is 7.05 Å². The minimum Gasteiger partial charge on any atom is -0.373 e. The molecular formula is C13H20N3+. The van der Waals surface area contributed by atoms with Gasteiger partial charge in [0.1, 0.15) is 0 Å². The zero-order valence-corrected chi connectivity index (χ0v) is 10.3. The van der Waals surface area contributed by atoms with Crippen molar-refractivity contribution in [3.63, 3.8) is 0 Å². The number of rotatable bonds is 5. The average Bonchev–Trinajstić information content (AvgIpc) is 2.26. The van der Waals surface area contributed by atoms with E-state index in [9.17, 15) is 0 Å². The maximum Gasteiger partial charge on any atom is 0.272 e. The Morgan fingerprint density at radius 2 is 1.75 bits per heavy atom. The van der Waals surface area contributed by atoms with E-state index >= 15 is 0 Å². The Morgan fingerprint density at radius 1 is 1.12 bits per heavy atom. The van der Waals surface area contributed by atoms with Crippen LogP contribution in [0.4, 0.5) is 5.69 Å². The van der Waals surface area contributed by atoms with Crippen LogP contribution in [0.15, 0.2) is 24.3 Å². The summed E-state index contributed by atoms with van der Waals surface area (Å²) >= 11 is 0. The van der Waals surface area contributed by atoms with Crippen LogP contribution in [-0.4, -0.2) is 32.6 Å². The van der Waals surface area contributed by atoms with Crippen molar-refractivity contribution in [2.75, 3.05) is 32.6 Å². The van der Waals surface area contributed by atoms with E-state index in [0.29, 0.717) is 6.42 Å². The lowest BCUT2D eigenvalue weighted by molar-refractivity contribution is -0.0945. The summed E-state index contributed by atoms with van der Waals surface area (Å²) < 4.78 is 0. The Morgan fingerprint density at radius 3 is 2.25 bits per heavy atom. The van der Waals surface area contributed by atoms with Crippen molar-refractivity contribution in [2.45, 2.75) is 13.0 Å². The van der Waals surface area contributed by atoms with E-state index in [2.05, 4.69) is 54.2 Å². The number of benzene rings is 1. The van der Waals surface area contributed by atoms with Gasteiger partial charge in [-0.2, -0.15) is 0 Å². The molecule has 0 amide bonds. The van der Waals surface area contributed by atoms with Crippen LogP contribution in [0.3, 0.4) is 0 Å². The fourth-order valence-electron chi connectivity index (χ4n) is 1.57. The maximum absolute atomic E-state index is 6.89. The molecule has 3 heteroatoms. The summed E-state index contributed by atoms with van der Waals surface area (Å²) in [5.41, 5.74) is 2.51. The minimum atomic E-state index is 0.677. The fourth-order valence-corrected chi connectivity index (χ4v) is 1.57. The molecule has 3 nitrogen and oxygen atoms in total. The smallest absolute Gasteiger partial charge is 0.272 e. The number of nitrogens with zero attached hydrogens (tertiary/aromatic N) is 2. The summed E-state index contributed by atoms with van der Waals surface area (Å²) in [6.07, 6.45) is 0.677. The van der Waals surface area contributed by atoms with E-state index in [4.69, 9.17) is 5.26 Å². The van der Waals surface area contributed by atoms with Crippen molar-refractivity contribution >= 4 is 5.69 Å². The van der Waals surface area contributed by atoms with Gasteiger partial charge >= 0.3 is 0 Å². The van der Waals surface area contributed by atoms with Crippen molar-refractivity contribution < 1.29 is 5.26 Å². The largest absolute Gasteiger partial charge is 0.373 e. The average molecular weight is 218 g/mol. The lowest BCUT2D eigenvalue weighted by Crippen LogP contribution is -2.22. The lowest BCUT2D eigenvalue weighted by atomic mass is 10.2. The van der Waals surface area contributed by atoms with Gasteiger partial charge in [0.2, 0.25) is 0 Å². The van der Waals surface area contributed by atoms with Crippen LogP contribution in [0.2, 0.25) is 0 Å². The van der Waals surface area contributed by atoms with Gasteiger partial charge in [-0.3, -0.25) is 0 Å². The molecule has 0 aromatic heterocycles. The summed E-state index contributed by atoms with van der Waals surface area (Å²) in [5.74, 6) is 0. The molecule has 1 aromatic carbocycles. The van der Waals surface area contributed by atoms with Crippen molar-refractivity contribution in [3.05, 3.63) is 29.8 Å². The molecule has 0 aliphatic rings. The van der Waals surface area contributed by atoms with Crippen molar-refractivity contribution in [1.29, 1.82) is 0 Å². The van der Waals surface area contributed by atoms with Crippen LogP contribution in [0.1, 0.15) is 12.0 Å². The van der Waals surface area contributed by atoms with Gasteiger partial charge in [-0.15, -0.1) is 5.26 Å². The third-order valence-corrected chi connectivity index (χ3v) is 2.45. The highest BCUT2D eigenvalue weighted by molar-refractivity contribution is 5.46. The lowest BCUT2D eigenvalue weighted by Gasteiger charge is -2.18. The molecule has 0 radical (unpaired) electrons. The van der Waals surface area contributed by atoms with Crippen LogP contribution < -0.4 is 10.2 Å². The number of hydrogen-bond acceptors (Lipinski definition) is 2. The molecule has 0 heterocycles. The molecule has 1 aromatic rings. The van der Waals surface area contributed by atoms with Gasteiger partial charge in [-0.25, -0.2) is 0 Å². The molecule has 86 valence electrons. The molecule has 0 unspecified atom stereocenters. The van der Waals surface area contributed by atoms with Gasteiger partial charge in [-0.1, -0.05) is 12.1 Å². The zero-order chi connectivity index (χ0) is 12.0.